The van der Waals surface area contributed by atoms with E-state index in [4.69, 9.17) is 4.74 Å². The molecule has 0 atom stereocenters. The summed E-state index contributed by atoms with van der Waals surface area (Å²) in [6.45, 7) is 6.22. The molecule has 88 valence electrons. The van der Waals surface area contributed by atoms with Crippen molar-refractivity contribution in [2.75, 3.05) is 11.9 Å². The Labute approximate surface area is 93.8 Å². The molecule has 1 heterocycles. The van der Waals surface area contributed by atoms with Crippen LogP contribution in [0.4, 0.5) is 11.5 Å². The molecule has 0 spiro atoms. The van der Waals surface area contributed by atoms with Crippen LogP contribution in [0.5, 0.6) is 5.88 Å². The standard InChI is InChI=1S/C10H15N3O3/c1-4-11-9-6-5-8(13(14)15)10(12-9)16-7(2)3/h5-7H,4H2,1-3H3,(H,11,12). The number of nitrogens with one attached hydrogen (secondary N) is 1. The highest BCUT2D eigenvalue weighted by molar-refractivity contribution is 5.49. The number of rotatable bonds is 5. The average Bonchev–Trinajstić information content (AvgIpc) is 2.16. The fraction of sp³-hybridized carbons (Fsp3) is 0.500. The molecule has 6 heteroatoms. The first-order chi connectivity index (χ1) is 7.54. The van der Waals surface area contributed by atoms with E-state index in [1.807, 2.05) is 6.92 Å². The molecule has 1 N–H and O–H groups in total. The van der Waals surface area contributed by atoms with Crippen LogP contribution in [0.15, 0.2) is 12.1 Å². The minimum Gasteiger partial charge on any atom is -0.470 e. The lowest BCUT2D eigenvalue weighted by molar-refractivity contribution is -0.386. The molecule has 1 rings (SSSR count). The summed E-state index contributed by atoms with van der Waals surface area (Å²) in [6, 6.07) is 2.96. The first-order valence-electron chi connectivity index (χ1n) is 5.10. The third-order valence-electron chi connectivity index (χ3n) is 1.74. The van der Waals surface area contributed by atoms with Gasteiger partial charge in [-0.05, 0) is 26.8 Å². The van der Waals surface area contributed by atoms with E-state index in [2.05, 4.69) is 10.3 Å². The zero-order chi connectivity index (χ0) is 12.1. The molecule has 0 saturated carbocycles. The molecule has 0 fully saturated rings. The number of hydrogen-bond donors (Lipinski definition) is 1. The van der Waals surface area contributed by atoms with Crippen LogP contribution < -0.4 is 10.1 Å². The highest BCUT2D eigenvalue weighted by atomic mass is 16.6. The van der Waals surface area contributed by atoms with Crippen LogP contribution in [0.3, 0.4) is 0 Å². The number of nitrogens with zero attached hydrogens (tertiary/aromatic N) is 2. The molecular formula is C10H15N3O3. The van der Waals surface area contributed by atoms with E-state index in [1.54, 1.807) is 19.9 Å². The van der Waals surface area contributed by atoms with Gasteiger partial charge in [-0.2, -0.15) is 4.98 Å². The predicted molar refractivity (Wildman–Crippen MR) is 60.8 cm³/mol. The van der Waals surface area contributed by atoms with E-state index in [1.165, 1.54) is 6.07 Å². The van der Waals surface area contributed by atoms with Crippen LogP contribution in [0.1, 0.15) is 20.8 Å². The topological polar surface area (TPSA) is 77.3 Å². The quantitative estimate of drug-likeness (QED) is 0.614. The number of aromatic nitrogens is 1. The molecule has 0 aliphatic rings. The van der Waals surface area contributed by atoms with Crippen LogP contribution in [0.2, 0.25) is 0 Å². The summed E-state index contributed by atoms with van der Waals surface area (Å²) in [5.41, 5.74) is -0.115. The van der Waals surface area contributed by atoms with Gasteiger partial charge < -0.3 is 10.1 Å². The Kier molecular flexibility index (Phi) is 4.04. The Morgan fingerprint density at radius 1 is 1.56 bits per heavy atom. The van der Waals surface area contributed by atoms with Gasteiger partial charge in [-0.15, -0.1) is 0 Å². The van der Waals surface area contributed by atoms with Gasteiger partial charge in [0.15, 0.2) is 0 Å². The van der Waals surface area contributed by atoms with Crippen molar-refractivity contribution in [3.05, 3.63) is 22.2 Å². The molecule has 0 bridgehead atoms. The fourth-order valence-electron chi connectivity index (χ4n) is 1.16. The lowest BCUT2D eigenvalue weighted by Gasteiger charge is -2.10. The van der Waals surface area contributed by atoms with Gasteiger partial charge in [-0.3, -0.25) is 10.1 Å². The molecule has 0 unspecified atom stereocenters. The van der Waals surface area contributed by atoms with Crippen molar-refractivity contribution in [2.24, 2.45) is 0 Å². The van der Waals surface area contributed by atoms with Crippen LogP contribution in [-0.2, 0) is 0 Å². The van der Waals surface area contributed by atoms with Crippen LogP contribution in [0, 0.1) is 10.1 Å². The van der Waals surface area contributed by atoms with Crippen LogP contribution in [-0.4, -0.2) is 22.6 Å². The van der Waals surface area contributed by atoms with Crippen molar-refractivity contribution in [1.29, 1.82) is 0 Å². The minimum absolute atomic E-state index is 0.0541. The zero-order valence-electron chi connectivity index (χ0n) is 9.56. The summed E-state index contributed by atoms with van der Waals surface area (Å²) >= 11 is 0. The molecule has 0 aromatic carbocycles. The number of ether oxygens (including phenoxy) is 1. The summed E-state index contributed by atoms with van der Waals surface area (Å²) in [6.07, 6.45) is -0.150. The maximum atomic E-state index is 10.7. The van der Waals surface area contributed by atoms with Crippen molar-refractivity contribution >= 4 is 11.5 Å². The molecule has 16 heavy (non-hydrogen) atoms. The van der Waals surface area contributed by atoms with Crippen molar-refractivity contribution in [3.8, 4) is 5.88 Å². The predicted octanol–water partition coefficient (Wildman–Crippen LogP) is 2.21. The van der Waals surface area contributed by atoms with Crippen LogP contribution >= 0.6 is 0 Å². The average molecular weight is 225 g/mol. The Morgan fingerprint density at radius 2 is 2.25 bits per heavy atom. The third-order valence-corrected chi connectivity index (χ3v) is 1.74. The third kappa shape index (κ3) is 3.08. The summed E-state index contributed by atoms with van der Waals surface area (Å²) in [5.74, 6) is 0.627. The van der Waals surface area contributed by atoms with E-state index < -0.39 is 4.92 Å². The lowest BCUT2D eigenvalue weighted by Crippen LogP contribution is -2.10. The summed E-state index contributed by atoms with van der Waals surface area (Å²) in [4.78, 5) is 14.3. The van der Waals surface area contributed by atoms with Crippen molar-refractivity contribution < 1.29 is 9.66 Å². The minimum atomic E-state index is -0.500. The Hall–Kier alpha value is -1.85. The van der Waals surface area contributed by atoms with Gasteiger partial charge in [0, 0.05) is 12.6 Å². The summed E-state index contributed by atoms with van der Waals surface area (Å²) in [7, 11) is 0. The van der Waals surface area contributed by atoms with Crippen molar-refractivity contribution in [1.82, 2.24) is 4.98 Å². The second kappa shape index (κ2) is 5.29. The van der Waals surface area contributed by atoms with Gasteiger partial charge in [-0.1, -0.05) is 0 Å². The fourth-order valence-corrected chi connectivity index (χ4v) is 1.16. The monoisotopic (exact) mass is 225 g/mol. The number of pyridine rings is 1. The summed E-state index contributed by atoms with van der Waals surface area (Å²) in [5, 5.41) is 13.7. The second-order valence-corrected chi connectivity index (χ2v) is 3.47. The first-order valence-corrected chi connectivity index (χ1v) is 5.10. The Balaban J connectivity index is 3.05. The maximum absolute atomic E-state index is 10.7. The van der Waals surface area contributed by atoms with Gasteiger partial charge in [0.25, 0.3) is 5.88 Å². The van der Waals surface area contributed by atoms with E-state index in [-0.39, 0.29) is 17.7 Å². The SMILES string of the molecule is CCNc1ccc([N+](=O)[O-])c(OC(C)C)n1. The van der Waals surface area contributed by atoms with Gasteiger partial charge >= 0.3 is 5.69 Å². The van der Waals surface area contributed by atoms with Gasteiger partial charge in [0.2, 0.25) is 0 Å². The molecule has 1 aromatic heterocycles. The van der Waals surface area contributed by atoms with E-state index in [0.29, 0.717) is 12.4 Å². The molecule has 1 aromatic rings. The number of nitro groups is 1. The van der Waals surface area contributed by atoms with Crippen molar-refractivity contribution in [3.63, 3.8) is 0 Å². The van der Waals surface area contributed by atoms with Gasteiger partial charge in [-0.25, -0.2) is 0 Å². The molecule has 6 nitrogen and oxygen atoms in total. The molecule has 0 saturated heterocycles. The molecule has 0 amide bonds. The zero-order valence-corrected chi connectivity index (χ0v) is 9.56. The van der Waals surface area contributed by atoms with Gasteiger partial charge in [0.05, 0.1) is 11.0 Å². The highest BCUT2D eigenvalue weighted by Crippen LogP contribution is 2.26. The largest absolute Gasteiger partial charge is 0.470 e. The number of hydrogen-bond acceptors (Lipinski definition) is 5. The van der Waals surface area contributed by atoms with E-state index in [0.717, 1.165) is 0 Å². The molecule has 0 aliphatic heterocycles. The number of anilines is 1. The lowest BCUT2D eigenvalue weighted by atomic mass is 10.4. The second-order valence-electron chi connectivity index (χ2n) is 3.47. The maximum Gasteiger partial charge on any atom is 0.331 e. The smallest absolute Gasteiger partial charge is 0.331 e. The van der Waals surface area contributed by atoms with Crippen LogP contribution in [0.25, 0.3) is 0 Å². The Bertz CT molecular complexity index is 380. The first kappa shape index (κ1) is 12.2. The highest BCUT2D eigenvalue weighted by Gasteiger charge is 2.18. The molecule has 0 radical (unpaired) electrons. The van der Waals surface area contributed by atoms with E-state index in [9.17, 15) is 10.1 Å². The molecular weight excluding hydrogens is 210 g/mol. The van der Waals surface area contributed by atoms with Gasteiger partial charge in [0.1, 0.15) is 5.82 Å². The van der Waals surface area contributed by atoms with E-state index >= 15 is 0 Å². The Morgan fingerprint density at radius 3 is 2.75 bits per heavy atom. The summed E-state index contributed by atoms with van der Waals surface area (Å²) < 4.78 is 5.30. The van der Waals surface area contributed by atoms with Crippen molar-refractivity contribution in [2.45, 2.75) is 26.9 Å². The normalized spacial score (nSPS) is 10.2. The molecule has 0 aliphatic carbocycles.